The quantitative estimate of drug-likeness (QED) is 0.914. The first-order chi connectivity index (χ1) is 8.43. The number of furan rings is 1. The van der Waals surface area contributed by atoms with Crippen molar-refractivity contribution in [2.45, 2.75) is 12.5 Å². The van der Waals surface area contributed by atoms with Crippen molar-refractivity contribution < 1.29 is 19.4 Å². The molecular weight excluding hydrogens is 300 g/mol. The average Bonchev–Trinajstić information content (AvgIpc) is 2.78. The summed E-state index contributed by atoms with van der Waals surface area (Å²) in [7, 11) is 0. The Morgan fingerprint density at radius 2 is 2.11 bits per heavy atom. The van der Waals surface area contributed by atoms with Gasteiger partial charge in [-0.1, -0.05) is 28.1 Å². The summed E-state index contributed by atoms with van der Waals surface area (Å²) in [5.41, 5.74) is -0.990. The van der Waals surface area contributed by atoms with Gasteiger partial charge in [0.1, 0.15) is 11.2 Å². The van der Waals surface area contributed by atoms with Gasteiger partial charge in [-0.15, -0.1) is 0 Å². The Morgan fingerprint density at radius 1 is 1.39 bits per heavy atom. The topological polar surface area (TPSA) is 70.7 Å². The van der Waals surface area contributed by atoms with Gasteiger partial charge in [0.15, 0.2) is 5.76 Å². The summed E-state index contributed by atoms with van der Waals surface area (Å²) in [6, 6.07) is 8.33. The molecule has 18 heavy (non-hydrogen) atoms. The summed E-state index contributed by atoms with van der Waals surface area (Å²) in [5.74, 6) is -1.11. The molecule has 0 saturated carbocycles. The zero-order chi connectivity index (χ0) is 13.3. The van der Waals surface area contributed by atoms with Crippen molar-refractivity contribution in [3.8, 4) is 0 Å². The molecule has 5 heteroatoms. The molecule has 4 nitrogen and oxygen atoms in total. The Kier molecular flexibility index (Phi) is 3.28. The lowest BCUT2D eigenvalue weighted by molar-refractivity contribution is 0.0615. The highest BCUT2D eigenvalue weighted by Gasteiger charge is 2.33. The fraction of sp³-hybridized carbons (Fsp3) is 0.154. The molecule has 0 fully saturated rings. The van der Waals surface area contributed by atoms with Crippen LogP contribution >= 0.6 is 15.9 Å². The number of halogens is 1. The molecule has 0 spiro atoms. The molecule has 0 aliphatic carbocycles. The van der Waals surface area contributed by atoms with Gasteiger partial charge in [-0.05, 0) is 30.7 Å². The summed E-state index contributed by atoms with van der Waals surface area (Å²) in [6.45, 7) is 1.50. The lowest BCUT2D eigenvalue weighted by Crippen LogP contribution is -2.24. The van der Waals surface area contributed by atoms with E-state index in [2.05, 4.69) is 15.9 Å². The molecule has 1 aromatic carbocycles. The van der Waals surface area contributed by atoms with Crippen LogP contribution in [-0.4, -0.2) is 16.2 Å². The molecule has 2 aromatic rings. The molecule has 1 heterocycles. The second-order valence-electron chi connectivity index (χ2n) is 4.05. The lowest BCUT2D eigenvalue weighted by atomic mass is 9.91. The lowest BCUT2D eigenvalue weighted by Gasteiger charge is -2.22. The number of carbonyl (C=O) groups is 1. The maximum atomic E-state index is 11.0. The fourth-order valence-corrected chi connectivity index (χ4v) is 2.18. The predicted molar refractivity (Wildman–Crippen MR) is 68.5 cm³/mol. The minimum absolute atomic E-state index is 0.0214. The SMILES string of the molecule is CC(O)(c1cccc(Br)c1)c1occc1C(=O)O. The summed E-state index contributed by atoms with van der Waals surface area (Å²) in [6.07, 6.45) is 1.26. The van der Waals surface area contributed by atoms with E-state index in [9.17, 15) is 9.90 Å². The van der Waals surface area contributed by atoms with Crippen LogP contribution in [0.2, 0.25) is 0 Å². The Morgan fingerprint density at radius 3 is 2.72 bits per heavy atom. The van der Waals surface area contributed by atoms with E-state index in [-0.39, 0.29) is 11.3 Å². The first-order valence-electron chi connectivity index (χ1n) is 5.22. The zero-order valence-electron chi connectivity index (χ0n) is 9.55. The van der Waals surface area contributed by atoms with Gasteiger partial charge >= 0.3 is 5.97 Å². The molecule has 0 aliphatic heterocycles. The standard InChI is InChI=1S/C13H11BrO4/c1-13(17,8-3-2-4-9(14)7-8)11-10(12(15)16)5-6-18-11/h2-7,17H,1H3,(H,15,16). The van der Waals surface area contributed by atoms with E-state index in [1.807, 2.05) is 6.07 Å². The molecule has 1 aromatic heterocycles. The Labute approximate surface area is 112 Å². The highest BCUT2D eigenvalue weighted by atomic mass is 79.9. The summed E-state index contributed by atoms with van der Waals surface area (Å²) < 4.78 is 5.93. The summed E-state index contributed by atoms with van der Waals surface area (Å²) >= 11 is 3.31. The van der Waals surface area contributed by atoms with Crippen LogP contribution in [0.1, 0.15) is 28.6 Å². The second-order valence-corrected chi connectivity index (χ2v) is 4.97. The third-order valence-corrected chi connectivity index (χ3v) is 3.22. The van der Waals surface area contributed by atoms with E-state index in [0.717, 1.165) is 4.47 Å². The fourth-order valence-electron chi connectivity index (χ4n) is 1.78. The van der Waals surface area contributed by atoms with Gasteiger partial charge in [0.25, 0.3) is 0 Å². The number of hydrogen-bond donors (Lipinski definition) is 2. The molecule has 94 valence electrons. The van der Waals surface area contributed by atoms with Crippen LogP contribution in [0.3, 0.4) is 0 Å². The molecule has 0 aliphatic rings. The van der Waals surface area contributed by atoms with Crippen LogP contribution in [-0.2, 0) is 5.60 Å². The van der Waals surface area contributed by atoms with Crippen LogP contribution in [0.4, 0.5) is 0 Å². The minimum atomic E-state index is -1.50. The van der Waals surface area contributed by atoms with Crippen LogP contribution in [0.15, 0.2) is 45.5 Å². The first kappa shape index (κ1) is 12.9. The van der Waals surface area contributed by atoms with Crippen molar-refractivity contribution in [1.29, 1.82) is 0 Å². The highest BCUT2D eigenvalue weighted by molar-refractivity contribution is 9.10. The van der Waals surface area contributed by atoms with Gasteiger partial charge in [-0.2, -0.15) is 0 Å². The smallest absolute Gasteiger partial charge is 0.339 e. The third-order valence-electron chi connectivity index (χ3n) is 2.72. The minimum Gasteiger partial charge on any atom is -0.478 e. The van der Waals surface area contributed by atoms with Crippen molar-refractivity contribution in [3.05, 3.63) is 58.0 Å². The molecule has 0 bridgehead atoms. The highest BCUT2D eigenvalue weighted by Crippen LogP contribution is 2.33. The molecule has 0 amide bonds. The molecule has 0 saturated heterocycles. The molecule has 1 atom stereocenters. The number of carboxylic acid groups (broad SMARTS) is 1. The Hall–Kier alpha value is -1.59. The number of aliphatic hydroxyl groups is 1. The molecule has 0 radical (unpaired) electrons. The van der Waals surface area contributed by atoms with Crippen molar-refractivity contribution in [3.63, 3.8) is 0 Å². The van der Waals surface area contributed by atoms with E-state index < -0.39 is 11.6 Å². The Bertz CT molecular complexity index is 586. The van der Waals surface area contributed by atoms with Gasteiger partial charge in [-0.3, -0.25) is 0 Å². The van der Waals surface area contributed by atoms with Crippen molar-refractivity contribution in [1.82, 2.24) is 0 Å². The van der Waals surface area contributed by atoms with Crippen LogP contribution in [0, 0.1) is 0 Å². The predicted octanol–water partition coefficient (Wildman–Crippen LogP) is 3.00. The summed E-state index contributed by atoms with van der Waals surface area (Å²) in [4.78, 5) is 11.0. The van der Waals surface area contributed by atoms with E-state index in [1.54, 1.807) is 18.2 Å². The van der Waals surface area contributed by atoms with Crippen molar-refractivity contribution in [2.75, 3.05) is 0 Å². The number of hydrogen-bond acceptors (Lipinski definition) is 3. The van der Waals surface area contributed by atoms with Gasteiger partial charge in [0.05, 0.1) is 6.26 Å². The average molecular weight is 311 g/mol. The number of benzene rings is 1. The maximum absolute atomic E-state index is 11.0. The largest absolute Gasteiger partial charge is 0.478 e. The second kappa shape index (κ2) is 4.59. The molecule has 1 unspecified atom stereocenters. The van der Waals surface area contributed by atoms with E-state index >= 15 is 0 Å². The van der Waals surface area contributed by atoms with Gasteiger partial charge in [0.2, 0.25) is 0 Å². The van der Waals surface area contributed by atoms with Gasteiger partial charge in [0, 0.05) is 4.47 Å². The molecular formula is C13H11BrO4. The third kappa shape index (κ3) is 2.19. The number of carboxylic acids is 1. The molecule has 2 N–H and O–H groups in total. The van der Waals surface area contributed by atoms with Gasteiger partial charge < -0.3 is 14.6 Å². The van der Waals surface area contributed by atoms with Crippen LogP contribution in [0.25, 0.3) is 0 Å². The normalized spacial score (nSPS) is 14.2. The van der Waals surface area contributed by atoms with E-state index in [0.29, 0.717) is 5.56 Å². The van der Waals surface area contributed by atoms with Crippen LogP contribution < -0.4 is 0 Å². The van der Waals surface area contributed by atoms with Crippen LogP contribution in [0.5, 0.6) is 0 Å². The number of aromatic carboxylic acids is 1. The zero-order valence-corrected chi connectivity index (χ0v) is 11.1. The number of rotatable bonds is 3. The Balaban J connectivity index is 2.54. The summed E-state index contributed by atoms with van der Waals surface area (Å²) in [5, 5.41) is 19.6. The van der Waals surface area contributed by atoms with Crippen molar-refractivity contribution >= 4 is 21.9 Å². The van der Waals surface area contributed by atoms with Crippen molar-refractivity contribution in [2.24, 2.45) is 0 Å². The monoisotopic (exact) mass is 310 g/mol. The first-order valence-corrected chi connectivity index (χ1v) is 6.02. The molecule has 2 rings (SSSR count). The van der Waals surface area contributed by atoms with E-state index in [4.69, 9.17) is 9.52 Å². The van der Waals surface area contributed by atoms with E-state index in [1.165, 1.54) is 19.3 Å². The maximum Gasteiger partial charge on any atom is 0.339 e. The van der Waals surface area contributed by atoms with Gasteiger partial charge in [-0.25, -0.2) is 4.79 Å².